The Morgan fingerprint density at radius 1 is 0.523 bits per heavy atom. The third kappa shape index (κ3) is 26.5. The molecule has 0 saturated carbocycles. The van der Waals surface area contributed by atoms with Gasteiger partial charge in [0.25, 0.3) is 0 Å². The smallest absolute Gasteiger partial charge is 0.306 e. The standard InChI is InChI=1S/C51H86O14/c1-3-5-7-9-11-13-15-17-19-21-23-25-27-29-31-33-35-60-37-40(63-43(53)34-32-30-28-26-24-22-20-18-16-14-12-10-8-6-4-2)38-61-50-49(59)47(57)45(55)42(65-50)39-62-51-48(58)46(56)44(54)41(36-52)64-51/h5,7,11-14,17-20,23,25,40-42,44-52,54-59H,3-4,6,8-10,15-16,21-22,24,26-39H2,1-2H3/b7-5-,13-11-,14-12-,19-17-,20-18-,25-23-. The van der Waals surface area contributed by atoms with Crippen LogP contribution in [0.4, 0.5) is 0 Å². The molecule has 2 saturated heterocycles. The second-order valence-corrected chi connectivity index (χ2v) is 16.9. The Kier molecular flexibility index (Phi) is 34.6. The second-order valence-electron chi connectivity index (χ2n) is 16.9. The highest BCUT2D eigenvalue weighted by atomic mass is 16.7. The lowest BCUT2D eigenvalue weighted by molar-refractivity contribution is -0.332. The van der Waals surface area contributed by atoms with Gasteiger partial charge in [0.2, 0.25) is 0 Å². The van der Waals surface area contributed by atoms with Gasteiger partial charge in [0.05, 0.1) is 26.4 Å². The van der Waals surface area contributed by atoms with Crippen LogP contribution in [-0.4, -0.2) is 142 Å². The van der Waals surface area contributed by atoms with Gasteiger partial charge in [0, 0.05) is 13.0 Å². The number of esters is 1. The van der Waals surface area contributed by atoms with Crippen molar-refractivity contribution < 1.29 is 69.0 Å². The van der Waals surface area contributed by atoms with Crippen LogP contribution < -0.4 is 0 Å². The lowest BCUT2D eigenvalue weighted by atomic mass is 9.98. The molecule has 65 heavy (non-hydrogen) atoms. The third-order valence-electron chi connectivity index (χ3n) is 11.2. The maximum absolute atomic E-state index is 13.0. The van der Waals surface area contributed by atoms with E-state index in [9.17, 15) is 40.5 Å². The first-order valence-electron chi connectivity index (χ1n) is 24.5. The molecule has 2 fully saturated rings. The van der Waals surface area contributed by atoms with E-state index in [0.717, 1.165) is 96.3 Å². The highest BCUT2D eigenvalue weighted by molar-refractivity contribution is 5.69. The number of hydrogen-bond donors (Lipinski definition) is 7. The number of aliphatic hydroxyl groups is 7. The fraction of sp³-hybridized carbons (Fsp3) is 0.745. The molecule has 2 aliphatic rings. The van der Waals surface area contributed by atoms with Gasteiger partial charge in [0.1, 0.15) is 54.9 Å². The predicted octanol–water partition coefficient (Wildman–Crippen LogP) is 6.73. The Morgan fingerprint density at radius 2 is 1.00 bits per heavy atom. The van der Waals surface area contributed by atoms with E-state index < -0.39 is 86.7 Å². The van der Waals surface area contributed by atoms with Gasteiger partial charge >= 0.3 is 5.97 Å². The number of rotatable bonds is 37. The minimum Gasteiger partial charge on any atom is -0.457 e. The van der Waals surface area contributed by atoms with E-state index in [1.54, 1.807) is 0 Å². The topological polar surface area (TPSA) is 214 Å². The number of allylic oxidation sites excluding steroid dienone is 12. The lowest BCUT2D eigenvalue weighted by Crippen LogP contribution is -2.61. The maximum Gasteiger partial charge on any atom is 0.306 e. The van der Waals surface area contributed by atoms with Crippen molar-refractivity contribution in [2.45, 2.75) is 210 Å². The number of ether oxygens (including phenoxy) is 6. The van der Waals surface area contributed by atoms with Crippen LogP contribution in [0.5, 0.6) is 0 Å². The third-order valence-corrected chi connectivity index (χ3v) is 11.2. The van der Waals surface area contributed by atoms with Crippen molar-refractivity contribution in [3.8, 4) is 0 Å². The minimum atomic E-state index is -1.72. The van der Waals surface area contributed by atoms with Gasteiger partial charge in [-0.2, -0.15) is 0 Å². The van der Waals surface area contributed by atoms with E-state index in [1.165, 1.54) is 19.3 Å². The van der Waals surface area contributed by atoms with Crippen molar-refractivity contribution in [1.29, 1.82) is 0 Å². The van der Waals surface area contributed by atoms with Crippen LogP contribution in [0.15, 0.2) is 72.9 Å². The first-order chi connectivity index (χ1) is 31.6. The zero-order chi connectivity index (χ0) is 47.3. The summed E-state index contributed by atoms with van der Waals surface area (Å²) in [4.78, 5) is 13.0. The number of aliphatic hydroxyl groups excluding tert-OH is 7. The number of unbranched alkanes of at least 4 members (excludes halogenated alkanes) is 11. The van der Waals surface area contributed by atoms with Gasteiger partial charge in [-0.05, 0) is 83.5 Å². The number of carbonyl (C=O) groups is 1. The Bertz CT molecular complexity index is 1350. The van der Waals surface area contributed by atoms with Crippen LogP contribution in [0.2, 0.25) is 0 Å². The molecule has 11 unspecified atom stereocenters. The van der Waals surface area contributed by atoms with Gasteiger partial charge in [0.15, 0.2) is 12.6 Å². The van der Waals surface area contributed by atoms with Gasteiger partial charge in [-0.3, -0.25) is 4.79 Å². The predicted molar refractivity (Wildman–Crippen MR) is 252 cm³/mol. The van der Waals surface area contributed by atoms with Crippen molar-refractivity contribution >= 4 is 5.97 Å². The first-order valence-corrected chi connectivity index (χ1v) is 24.5. The summed E-state index contributed by atoms with van der Waals surface area (Å²) in [7, 11) is 0. The molecule has 374 valence electrons. The molecule has 0 spiro atoms. The van der Waals surface area contributed by atoms with Crippen LogP contribution in [0.25, 0.3) is 0 Å². The molecule has 0 aromatic carbocycles. The average Bonchev–Trinajstić information content (AvgIpc) is 3.30. The van der Waals surface area contributed by atoms with Gasteiger partial charge in [-0.25, -0.2) is 0 Å². The summed E-state index contributed by atoms with van der Waals surface area (Å²) in [6, 6.07) is 0. The molecule has 7 N–H and O–H groups in total. The quantitative estimate of drug-likeness (QED) is 0.0196. The Hall–Kier alpha value is -2.57. The van der Waals surface area contributed by atoms with Gasteiger partial charge < -0.3 is 64.2 Å². The monoisotopic (exact) mass is 923 g/mol. The molecule has 0 aromatic heterocycles. The first kappa shape index (κ1) is 58.6. The van der Waals surface area contributed by atoms with E-state index in [2.05, 4.69) is 86.8 Å². The zero-order valence-corrected chi connectivity index (χ0v) is 39.4. The van der Waals surface area contributed by atoms with Crippen molar-refractivity contribution in [1.82, 2.24) is 0 Å². The molecule has 0 radical (unpaired) electrons. The molecule has 0 amide bonds. The summed E-state index contributed by atoms with van der Waals surface area (Å²) in [5.41, 5.74) is 0. The number of hydrogen-bond acceptors (Lipinski definition) is 14. The zero-order valence-electron chi connectivity index (χ0n) is 39.4. The Labute approximate surface area is 389 Å². The SMILES string of the molecule is CC/C=C\C/C=C\C/C=C\C/C=C\CCCCCOCC(COC1OC(COC2OC(CO)C(O)C(O)C2O)C(O)C(O)C1O)OC(=O)CCCCCCC/C=C\C/C=C\CCCCC. The van der Waals surface area contributed by atoms with E-state index in [-0.39, 0.29) is 19.6 Å². The van der Waals surface area contributed by atoms with E-state index in [4.69, 9.17) is 28.4 Å². The average molecular weight is 923 g/mol. The molecular formula is C51H86O14. The summed E-state index contributed by atoms with van der Waals surface area (Å²) in [6.45, 7) is 3.42. The largest absolute Gasteiger partial charge is 0.457 e. The van der Waals surface area contributed by atoms with E-state index in [0.29, 0.717) is 13.0 Å². The lowest BCUT2D eigenvalue weighted by Gasteiger charge is -2.42. The number of carbonyl (C=O) groups excluding carboxylic acids is 1. The molecule has 11 atom stereocenters. The van der Waals surface area contributed by atoms with Crippen LogP contribution in [0.1, 0.15) is 142 Å². The van der Waals surface area contributed by atoms with E-state index in [1.807, 2.05) is 0 Å². The summed E-state index contributed by atoms with van der Waals surface area (Å²) >= 11 is 0. The molecule has 2 rings (SSSR count). The van der Waals surface area contributed by atoms with Crippen molar-refractivity contribution in [3.05, 3.63) is 72.9 Å². The summed E-state index contributed by atoms with van der Waals surface area (Å²) in [5, 5.41) is 72.0. The summed E-state index contributed by atoms with van der Waals surface area (Å²) in [6.07, 6.45) is 29.6. The fourth-order valence-corrected chi connectivity index (χ4v) is 7.19. The molecule has 2 aliphatic heterocycles. The highest BCUT2D eigenvalue weighted by Gasteiger charge is 2.47. The molecule has 0 bridgehead atoms. The van der Waals surface area contributed by atoms with Gasteiger partial charge in [-0.15, -0.1) is 0 Å². The fourth-order valence-electron chi connectivity index (χ4n) is 7.19. The van der Waals surface area contributed by atoms with Crippen LogP contribution in [0, 0.1) is 0 Å². The highest BCUT2D eigenvalue weighted by Crippen LogP contribution is 2.26. The van der Waals surface area contributed by atoms with Crippen molar-refractivity contribution in [2.24, 2.45) is 0 Å². The normalized spacial score (nSPS) is 27.2. The summed E-state index contributed by atoms with van der Waals surface area (Å²) < 4.78 is 34.2. The molecule has 14 heteroatoms. The van der Waals surface area contributed by atoms with Crippen molar-refractivity contribution in [3.63, 3.8) is 0 Å². The minimum absolute atomic E-state index is 0.0302. The molecule has 14 nitrogen and oxygen atoms in total. The molecule has 0 aromatic rings. The molecule has 2 heterocycles. The summed E-state index contributed by atoms with van der Waals surface area (Å²) in [5.74, 6) is -0.405. The Balaban J connectivity index is 1.82. The Morgan fingerprint density at radius 3 is 1.57 bits per heavy atom. The molecule has 0 aliphatic carbocycles. The second kappa shape index (κ2) is 38.4. The van der Waals surface area contributed by atoms with Crippen LogP contribution in [0.3, 0.4) is 0 Å². The van der Waals surface area contributed by atoms with E-state index >= 15 is 0 Å². The van der Waals surface area contributed by atoms with Crippen LogP contribution >= 0.6 is 0 Å². The van der Waals surface area contributed by atoms with Crippen LogP contribution in [-0.2, 0) is 33.2 Å². The van der Waals surface area contributed by atoms with Crippen molar-refractivity contribution in [2.75, 3.05) is 33.0 Å². The maximum atomic E-state index is 13.0. The molecular weight excluding hydrogens is 837 g/mol. The van der Waals surface area contributed by atoms with Gasteiger partial charge in [-0.1, -0.05) is 125 Å².